The standard InChI is InChI=1S/C19H16ClN5O3S3/c20-13-2-1-11-5-16(30-14(11)6-13)31(27,28)25-4-3-24(15(26)8-25)7-12-9-29-18-17(12)22-10-23-19(18)21/h1-2,5-6,9-10H,3-4,7-8H2,(H2,21,22,23). The summed E-state index contributed by atoms with van der Waals surface area (Å²) in [6.07, 6.45) is 1.40. The Morgan fingerprint density at radius 1 is 1.19 bits per heavy atom. The van der Waals surface area contributed by atoms with E-state index in [-0.39, 0.29) is 23.2 Å². The molecule has 0 unspecified atom stereocenters. The molecule has 4 aromatic rings. The summed E-state index contributed by atoms with van der Waals surface area (Å²) in [6.45, 7) is 0.677. The maximum atomic E-state index is 13.1. The molecule has 0 radical (unpaired) electrons. The van der Waals surface area contributed by atoms with Crippen molar-refractivity contribution in [1.82, 2.24) is 19.2 Å². The number of benzene rings is 1. The highest BCUT2D eigenvalue weighted by atomic mass is 35.5. The number of carbonyl (C=O) groups is 1. The van der Waals surface area contributed by atoms with Crippen LogP contribution in [0.5, 0.6) is 0 Å². The summed E-state index contributed by atoms with van der Waals surface area (Å²) in [5.41, 5.74) is 7.49. The average molecular weight is 494 g/mol. The van der Waals surface area contributed by atoms with Crippen molar-refractivity contribution < 1.29 is 13.2 Å². The molecule has 0 bridgehead atoms. The number of nitrogen functional groups attached to an aromatic ring is 1. The molecule has 5 rings (SSSR count). The van der Waals surface area contributed by atoms with Gasteiger partial charge in [-0.15, -0.1) is 22.7 Å². The third-order valence-corrected chi connectivity index (χ3v) is 9.82. The summed E-state index contributed by atoms with van der Waals surface area (Å²) in [5, 5.41) is 3.27. The molecule has 0 spiro atoms. The molecule has 0 atom stereocenters. The Balaban J connectivity index is 1.35. The maximum absolute atomic E-state index is 13.1. The van der Waals surface area contributed by atoms with Crippen molar-refractivity contribution >= 4 is 76.3 Å². The maximum Gasteiger partial charge on any atom is 0.253 e. The van der Waals surface area contributed by atoms with E-state index in [0.717, 1.165) is 37.2 Å². The topological polar surface area (TPSA) is 109 Å². The number of nitrogens with two attached hydrogens (primary N) is 1. The van der Waals surface area contributed by atoms with E-state index < -0.39 is 10.0 Å². The molecule has 4 heterocycles. The first-order valence-corrected chi connectivity index (χ1v) is 12.8. The lowest BCUT2D eigenvalue weighted by molar-refractivity contribution is -0.134. The first-order valence-electron chi connectivity index (χ1n) is 9.26. The number of amides is 1. The molecule has 0 aliphatic carbocycles. The molecule has 2 N–H and O–H groups in total. The number of rotatable bonds is 4. The average Bonchev–Trinajstić information content (AvgIpc) is 3.34. The number of hydrogen-bond acceptors (Lipinski definition) is 8. The van der Waals surface area contributed by atoms with Gasteiger partial charge in [0.15, 0.2) is 0 Å². The second-order valence-corrected chi connectivity index (χ2v) is 11.7. The summed E-state index contributed by atoms with van der Waals surface area (Å²) in [6, 6.07) is 6.88. The van der Waals surface area contributed by atoms with Gasteiger partial charge in [-0.2, -0.15) is 4.31 Å². The number of piperazine rings is 1. The highest BCUT2D eigenvalue weighted by Crippen LogP contribution is 2.33. The summed E-state index contributed by atoms with van der Waals surface area (Å²) in [4.78, 5) is 22.7. The molecule has 0 saturated carbocycles. The van der Waals surface area contributed by atoms with Crippen molar-refractivity contribution in [3.05, 3.63) is 46.6 Å². The fourth-order valence-corrected chi connectivity index (χ4v) is 7.66. The second kappa shape index (κ2) is 7.68. The number of thiophene rings is 2. The van der Waals surface area contributed by atoms with Gasteiger partial charge < -0.3 is 10.6 Å². The van der Waals surface area contributed by atoms with Crippen molar-refractivity contribution in [2.45, 2.75) is 10.8 Å². The van der Waals surface area contributed by atoms with Gasteiger partial charge in [-0.3, -0.25) is 4.79 Å². The SMILES string of the molecule is Nc1ncnc2c(CN3CCN(S(=O)(=O)c4cc5ccc(Cl)cc5s4)CC3=O)csc12. The smallest absolute Gasteiger partial charge is 0.253 e. The molecule has 1 aliphatic rings. The summed E-state index contributed by atoms with van der Waals surface area (Å²) >= 11 is 8.60. The molecule has 1 aliphatic heterocycles. The lowest BCUT2D eigenvalue weighted by atomic mass is 10.2. The normalized spacial score (nSPS) is 15.9. The Morgan fingerprint density at radius 3 is 2.84 bits per heavy atom. The highest BCUT2D eigenvalue weighted by molar-refractivity contribution is 7.91. The van der Waals surface area contributed by atoms with E-state index in [1.807, 2.05) is 5.38 Å². The van der Waals surface area contributed by atoms with Crippen LogP contribution in [0.25, 0.3) is 20.3 Å². The van der Waals surface area contributed by atoms with Crippen LogP contribution in [0.2, 0.25) is 5.02 Å². The van der Waals surface area contributed by atoms with Crippen molar-refractivity contribution in [3.8, 4) is 0 Å². The molecule has 1 aromatic carbocycles. The monoisotopic (exact) mass is 493 g/mol. The van der Waals surface area contributed by atoms with E-state index in [9.17, 15) is 13.2 Å². The first-order chi connectivity index (χ1) is 14.8. The van der Waals surface area contributed by atoms with Crippen LogP contribution in [0.15, 0.2) is 40.2 Å². The lowest BCUT2D eigenvalue weighted by Gasteiger charge is -2.33. The quantitative estimate of drug-likeness (QED) is 0.467. The third-order valence-electron chi connectivity index (χ3n) is 5.15. The van der Waals surface area contributed by atoms with E-state index >= 15 is 0 Å². The predicted molar refractivity (Wildman–Crippen MR) is 123 cm³/mol. The van der Waals surface area contributed by atoms with Gasteiger partial charge in [0.25, 0.3) is 10.0 Å². The molecule has 1 saturated heterocycles. The van der Waals surface area contributed by atoms with E-state index in [4.69, 9.17) is 17.3 Å². The third kappa shape index (κ3) is 3.66. The van der Waals surface area contributed by atoms with Gasteiger partial charge in [-0.25, -0.2) is 18.4 Å². The van der Waals surface area contributed by atoms with Gasteiger partial charge in [0.2, 0.25) is 5.91 Å². The van der Waals surface area contributed by atoms with Gasteiger partial charge in [0, 0.05) is 34.9 Å². The minimum absolute atomic E-state index is 0.198. The van der Waals surface area contributed by atoms with Crippen LogP contribution in [-0.2, 0) is 21.4 Å². The van der Waals surface area contributed by atoms with Crippen LogP contribution in [0.4, 0.5) is 5.82 Å². The Bertz CT molecular complexity index is 1430. The second-order valence-electron chi connectivity index (χ2n) is 7.10. The number of anilines is 1. The zero-order valence-electron chi connectivity index (χ0n) is 16.0. The Labute approximate surface area is 190 Å². The predicted octanol–water partition coefficient (Wildman–Crippen LogP) is 3.17. The summed E-state index contributed by atoms with van der Waals surface area (Å²) in [7, 11) is -3.77. The number of carbonyl (C=O) groups excluding carboxylic acids is 1. The fraction of sp³-hybridized carbons (Fsp3) is 0.211. The number of hydrogen-bond donors (Lipinski definition) is 1. The molecule has 1 fully saturated rings. The van der Waals surface area contributed by atoms with Gasteiger partial charge in [0.1, 0.15) is 16.4 Å². The molecular weight excluding hydrogens is 478 g/mol. The molecule has 3 aromatic heterocycles. The number of nitrogens with zero attached hydrogens (tertiary/aromatic N) is 4. The first kappa shape index (κ1) is 20.6. The Morgan fingerprint density at radius 2 is 2.03 bits per heavy atom. The molecule has 1 amide bonds. The van der Waals surface area contributed by atoms with Gasteiger partial charge in [0.05, 0.1) is 16.8 Å². The van der Waals surface area contributed by atoms with Crippen LogP contribution in [0, 0.1) is 0 Å². The Hall–Kier alpha value is -2.31. The summed E-state index contributed by atoms with van der Waals surface area (Å²) < 4.78 is 29.3. The minimum Gasteiger partial charge on any atom is -0.382 e. The lowest BCUT2D eigenvalue weighted by Crippen LogP contribution is -2.51. The van der Waals surface area contributed by atoms with Crippen molar-refractivity contribution in [1.29, 1.82) is 0 Å². The van der Waals surface area contributed by atoms with Crippen LogP contribution < -0.4 is 5.73 Å². The fourth-order valence-electron chi connectivity index (χ4n) is 3.53. The molecule has 8 nitrogen and oxygen atoms in total. The molecular formula is C19H16ClN5O3S3. The van der Waals surface area contributed by atoms with Crippen molar-refractivity contribution in [3.63, 3.8) is 0 Å². The van der Waals surface area contributed by atoms with E-state index in [1.165, 1.54) is 22.0 Å². The Kier molecular flexibility index (Phi) is 5.10. The zero-order chi connectivity index (χ0) is 21.8. The molecule has 160 valence electrons. The van der Waals surface area contributed by atoms with Crippen LogP contribution in [0.3, 0.4) is 0 Å². The van der Waals surface area contributed by atoms with Gasteiger partial charge in [-0.1, -0.05) is 17.7 Å². The zero-order valence-corrected chi connectivity index (χ0v) is 19.2. The van der Waals surface area contributed by atoms with Gasteiger partial charge >= 0.3 is 0 Å². The number of sulfonamides is 1. The molecule has 12 heteroatoms. The number of halogens is 1. The summed E-state index contributed by atoms with van der Waals surface area (Å²) in [5.74, 6) is 0.161. The van der Waals surface area contributed by atoms with Crippen LogP contribution in [0.1, 0.15) is 5.56 Å². The highest BCUT2D eigenvalue weighted by Gasteiger charge is 2.34. The van der Waals surface area contributed by atoms with Crippen LogP contribution in [-0.4, -0.2) is 53.1 Å². The number of fused-ring (bicyclic) bond motifs is 2. The molecule has 31 heavy (non-hydrogen) atoms. The van der Waals surface area contributed by atoms with Crippen LogP contribution >= 0.6 is 34.3 Å². The van der Waals surface area contributed by atoms with E-state index in [1.54, 1.807) is 29.2 Å². The minimum atomic E-state index is -3.77. The van der Waals surface area contributed by atoms with E-state index in [2.05, 4.69) is 9.97 Å². The van der Waals surface area contributed by atoms with Crippen molar-refractivity contribution in [2.24, 2.45) is 0 Å². The van der Waals surface area contributed by atoms with Crippen molar-refractivity contribution in [2.75, 3.05) is 25.4 Å². The number of aromatic nitrogens is 2. The van der Waals surface area contributed by atoms with Gasteiger partial charge in [-0.05, 0) is 29.0 Å². The largest absolute Gasteiger partial charge is 0.382 e. The van der Waals surface area contributed by atoms with E-state index in [0.29, 0.717) is 23.9 Å².